The summed E-state index contributed by atoms with van der Waals surface area (Å²) in [5.74, 6) is 0.739. The van der Waals surface area contributed by atoms with E-state index in [2.05, 4.69) is 0 Å². The second-order valence-corrected chi connectivity index (χ2v) is 5.09. The molecule has 0 heterocycles. The Kier molecular flexibility index (Phi) is 14.9. The zero-order valence-corrected chi connectivity index (χ0v) is 12.9. The maximum atomic E-state index is 8.67. The molecule has 0 saturated heterocycles. The lowest BCUT2D eigenvalue weighted by Gasteiger charge is -2.22. The van der Waals surface area contributed by atoms with Crippen LogP contribution in [-0.2, 0) is 18.3 Å². The number of halogens is 2. The van der Waals surface area contributed by atoms with Gasteiger partial charge in [0, 0.05) is 18.4 Å². The predicted molar refractivity (Wildman–Crippen MR) is 73.1 cm³/mol. The van der Waals surface area contributed by atoms with Crippen molar-refractivity contribution in [2.45, 2.75) is 26.1 Å². The molecule has 18 heavy (non-hydrogen) atoms. The zero-order chi connectivity index (χ0) is 13.6. The van der Waals surface area contributed by atoms with E-state index < -0.39 is 14.9 Å². The summed E-state index contributed by atoms with van der Waals surface area (Å²) in [6.07, 6.45) is 0.829. The van der Waals surface area contributed by atoms with Crippen LogP contribution in [0.15, 0.2) is 0 Å². The maximum Gasteiger partial charge on any atom is 0.335 e. The van der Waals surface area contributed by atoms with E-state index in [-0.39, 0.29) is 6.61 Å². The Morgan fingerprint density at radius 1 is 1.11 bits per heavy atom. The Balaban J connectivity index is 3.97. The third-order valence-electron chi connectivity index (χ3n) is 1.69. The van der Waals surface area contributed by atoms with Gasteiger partial charge in [-0.15, -0.1) is 23.2 Å². The van der Waals surface area contributed by atoms with Crippen LogP contribution in [0, 0.1) is 0 Å². The molecule has 0 aromatic carbocycles. The number of hydrogen-bond donors (Lipinski definition) is 1. The number of ether oxygens (including phenoxy) is 1. The van der Waals surface area contributed by atoms with Gasteiger partial charge in [-0.3, -0.25) is 4.52 Å². The Bertz CT molecular complexity index is 170. The monoisotopic (exact) mass is 322 g/mol. The largest absolute Gasteiger partial charge is 0.396 e. The van der Waals surface area contributed by atoms with Crippen LogP contribution in [0.25, 0.3) is 0 Å². The molecule has 0 radical (unpaired) electrons. The quantitative estimate of drug-likeness (QED) is 0.244. The Morgan fingerprint density at radius 3 is 2.17 bits per heavy atom. The van der Waals surface area contributed by atoms with E-state index in [1.54, 1.807) is 0 Å². The molecule has 0 amide bonds. The smallest absolute Gasteiger partial charge is 0.335 e. The van der Waals surface area contributed by atoms with E-state index in [1.807, 2.05) is 6.92 Å². The van der Waals surface area contributed by atoms with Crippen molar-refractivity contribution < 1.29 is 23.4 Å². The van der Waals surface area contributed by atoms with Crippen molar-refractivity contribution in [1.82, 2.24) is 0 Å². The van der Waals surface area contributed by atoms with Gasteiger partial charge in [0.15, 0.2) is 6.29 Å². The number of rotatable bonds is 13. The minimum absolute atomic E-state index is 0.0939. The lowest BCUT2D eigenvalue weighted by Crippen LogP contribution is -2.16. The third-order valence-corrected chi connectivity index (χ3v) is 3.19. The number of aliphatic hydroxyl groups excluding tert-OH is 1. The van der Waals surface area contributed by atoms with Crippen LogP contribution >= 0.6 is 31.8 Å². The molecule has 0 aliphatic carbocycles. The molecule has 0 aromatic heterocycles. The molecule has 0 bridgehead atoms. The molecule has 0 aliphatic heterocycles. The molecular formula is C10H21Cl2O5P. The van der Waals surface area contributed by atoms with Crippen molar-refractivity contribution in [3.05, 3.63) is 0 Å². The molecule has 110 valence electrons. The minimum Gasteiger partial charge on any atom is -0.396 e. The van der Waals surface area contributed by atoms with Crippen molar-refractivity contribution in [2.75, 3.05) is 38.2 Å². The van der Waals surface area contributed by atoms with Gasteiger partial charge in [0.1, 0.15) is 0 Å². The van der Waals surface area contributed by atoms with Gasteiger partial charge in [-0.2, -0.15) is 0 Å². The first kappa shape index (κ1) is 18.8. The molecule has 5 nitrogen and oxygen atoms in total. The maximum absolute atomic E-state index is 8.67. The van der Waals surface area contributed by atoms with Gasteiger partial charge in [0.25, 0.3) is 0 Å². The number of alkyl halides is 2. The summed E-state index contributed by atoms with van der Waals surface area (Å²) in [6, 6.07) is 0. The van der Waals surface area contributed by atoms with Crippen molar-refractivity contribution in [3.63, 3.8) is 0 Å². The highest BCUT2D eigenvalue weighted by molar-refractivity contribution is 7.41. The summed E-state index contributed by atoms with van der Waals surface area (Å²) >= 11 is 11.1. The van der Waals surface area contributed by atoms with Gasteiger partial charge in [0.05, 0.1) is 19.8 Å². The second-order valence-electron chi connectivity index (χ2n) is 3.16. The fraction of sp³-hybridized carbons (Fsp3) is 1.00. The van der Waals surface area contributed by atoms with Gasteiger partial charge >= 0.3 is 8.60 Å². The van der Waals surface area contributed by atoms with Crippen LogP contribution in [0.2, 0.25) is 0 Å². The van der Waals surface area contributed by atoms with Crippen LogP contribution in [-0.4, -0.2) is 49.6 Å². The predicted octanol–water partition coefficient (Wildman–Crippen LogP) is 2.88. The van der Waals surface area contributed by atoms with Crippen molar-refractivity contribution >= 4 is 31.8 Å². The first-order valence-electron chi connectivity index (χ1n) is 5.85. The van der Waals surface area contributed by atoms with Crippen LogP contribution < -0.4 is 0 Å². The van der Waals surface area contributed by atoms with Gasteiger partial charge in [-0.25, -0.2) is 0 Å². The van der Waals surface area contributed by atoms with Gasteiger partial charge in [-0.05, 0) is 12.8 Å². The lowest BCUT2D eigenvalue weighted by molar-refractivity contribution is -0.0931. The van der Waals surface area contributed by atoms with Crippen LogP contribution in [0.1, 0.15) is 19.8 Å². The Morgan fingerprint density at radius 2 is 1.72 bits per heavy atom. The molecule has 8 heteroatoms. The molecule has 0 aliphatic rings. The fourth-order valence-corrected chi connectivity index (χ4v) is 2.36. The summed E-state index contributed by atoms with van der Waals surface area (Å²) in [7, 11) is -1.49. The molecular weight excluding hydrogens is 302 g/mol. The average Bonchev–Trinajstić information content (AvgIpc) is 2.40. The molecule has 1 unspecified atom stereocenters. The minimum atomic E-state index is -1.49. The van der Waals surface area contributed by atoms with E-state index in [1.165, 1.54) is 0 Å². The highest BCUT2D eigenvalue weighted by atomic mass is 35.5. The summed E-state index contributed by atoms with van der Waals surface area (Å²) in [5.41, 5.74) is 0. The molecule has 1 N–H and O–H groups in total. The number of aliphatic hydroxyl groups is 1. The summed E-state index contributed by atoms with van der Waals surface area (Å²) in [4.78, 5) is 0. The van der Waals surface area contributed by atoms with E-state index >= 15 is 0 Å². The van der Waals surface area contributed by atoms with E-state index in [0.717, 1.165) is 0 Å². The standard InChI is InChI=1S/C10H21Cl2O5P/c1-2-10(14-7-3-6-13)17-18(15-8-4-11)16-9-5-12/h10,13H,2-9H2,1H3. The van der Waals surface area contributed by atoms with E-state index in [4.69, 9.17) is 46.6 Å². The average molecular weight is 323 g/mol. The van der Waals surface area contributed by atoms with Crippen LogP contribution in [0.3, 0.4) is 0 Å². The van der Waals surface area contributed by atoms with E-state index in [9.17, 15) is 0 Å². The Hall–Kier alpha value is 0.810. The second kappa shape index (κ2) is 14.2. The SMILES string of the molecule is CCC(OCCCO)OP(OCCCl)OCCCl. The van der Waals surface area contributed by atoms with Gasteiger partial charge in [0.2, 0.25) is 0 Å². The molecule has 0 saturated carbocycles. The summed E-state index contributed by atoms with van der Waals surface area (Å²) in [5, 5.41) is 8.67. The summed E-state index contributed by atoms with van der Waals surface area (Å²) in [6.45, 7) is 3.16. The Labute approximate surface area is 120 Å². The third kappa shape index (κ3) is 10.7. The topological polar surface area (TPSA) is 57.2 Å². The highest BCUT2D eigenvalue weighted by Crippen LogP contribution is 2.41. The van der Waals surface area contributed by atoms with Crippen LogP contribution in [0.4, 0.5) is 0 Å². The van der Waals surface area contributed by atoms with Gasteiger partial charge < -0.3 is 18.9 Å². The lowest BCUT2D eigenvalue weighted by atomic mass is 10.4. The molecule has 0 rings (SSSR count). The molecule has 0 fully saturated rings. The zero-order valence-electron chi connectivity index (χ0n) is 10.5. The normalized spacial score (nSPS) is 13.2. The summed E-state index contributed by atoms with van der Waals surface area (Å²) < 4.78 is 21.6. The molecule has 0 aromatic rings. The first-order valence-corrected chi connectivity index (χ1v) is 8.02. The van der Waals surface area contributed by atoms with Crippen molar-refractivity contribution in [2.24, 2.45) is 0 Å². The van der Waals surface area contributed by atoms with Crippen molar-refractivity contribution in [1.29, 1.82) is 0 Å². The first-order chi connectivity index (χ1) is 8.78. The number of hydrogen-bond acceptors (Lipinski definition) is 5. The highest BCUT2D eigenvalue weighted by Gasteiger charge is 2.18. The van der Waals surface area contributed by atoms with Crippen molar-refractivity contribution in [3.8, 4) is 0 Å². The van der Waals surface area contributed by atoms with E-state index in [0.29, 0.717) is 44.4 Å². The van der Waals surface area contributed by atoms with Crippen LogP contribution in [0.5, 0.6) is 0 Å². The molecule has 1 atom stereocenters. The fourth-order valence-electron chi connectivity index (χ4n) is 0.914. The van der Waals surface area contributed by atoms with Gasteiger partial charge in [-0.1, -0.05) is 6.92 Å². The molecule has 0 spiro atoms.